The molecular formula is H2Br3KOSn. The average Bonchev–Trinajstić information content (AvgIpc) is 0.811. The first-order chi connectivity index (χ1) is 1.73. The molecule has 0 rings (SSSR count). The molecule has 0 aliphatic rings. The summed E-state index contributed by atoms with van der Waals surface area (Å²) in [6, 6.07) is 0. The number of rotatable bonds is 0. The minimum atomic E-state index is -1.11. The van der Waals surface area contributed by atoms with Crippen LogP contribution in [0.25, 0.3) is 0 Å². The molecule has 0 aromatic carbocycles. The van der Waals surface area contributed by atoms with Gasteiger partial charge in [-0.3, -0.25) is 0 Å². The summed E-state index contributed by atoms with van der Waals surface area (Å²) in [5, 5.41) is 0. The van der Waals surface area contributed by atoms with Gasteiger partial charge in [0.2, 0.25) is 0 Å². The first-order valence-electron chi connectivity index (χ1n) is 0.567. The Balaban J connectivity index is -0.0000000450. The molecule has 0 saturated carbocycles. The zero-order valence-corrected chi connectivity index (χ0v) is 13.9. The van der Waals surface area contributed by atoms with Crippen LogP contribution in [0.5, 0.6) is 0 Å². The van der Waals surface area contributed by atoms with E-state index in [4.69, 9.17) is 0 Å². The topological polar surface area (TPSA) is 31.5 Å². The zero-order chi connectivity index (χ0) is 3.58. The van der Waals surface area contributed by atoms with Gasteiger partial charge in [-0.25, -0.2) is 0 Å². The molecule has 6 heteroatoms. The van der Waals surface area contributed by atoms with E-state index in [2.05, 4.69) is 38.1 Å². The molecule has 0 saturated heterocycles. The van der Waals surface area contributed by atoms with Crippen LogP contribution in [0.3, 0.4) is 0 Å². The molecule has 0 aliphatic heterocycles. The minimum Gasteiger partial charge on any atom is 0 e. The molecular weight excluding hydrogens is 414 g/mol. The second-order valence-corrected chi connectivity index (χ2v) is 38.8. The van der Waals surface area contributed by atoms with Crippen molar-refractivity contribution >= 4 is 103 Å². The molecule has 0 atom stereocenters. The Bertz CT molecular complexity index is 15.5. The van der Waals surface area contributed by atoms with Crippen molar-refractivity contribution in [3.05, 3.63) is 0 Å². The van der Waals surface area contributed by atoms with Gasteiger partial charge in [0, 0.05) is 51.4 Å². The van der Waals surface area contributed by atoms with E-state index in [0.717, 1.165) is 0 Å². The van der Waals surface area contributed by atoms with Crippen LogP contribution in [-0.2, 0) is 0 Å². The molecule has 0 bridgehead atoms. The number of halogens is 3. The Morgan fingerprint density at radius 1 is 1.00 bits per heavy atom. The summed E-state index contributed by atoms with van der Waals surface area (Å²) in [5.74, 6) is 0. The molecule has 0 aromatic rings. The molecule has 2 radical (unpaired) electrons. The summed E-state index contributed by atoms with van der Waals surface area (Å²) in [7, 11) is 0. The maximum atomic E-state index is 3.30. The third-order valence-electron chi connectivity index (χ3n) is 0. The van der Waals surface area contributed by atoms with Gasteiger partial charge >= 0.3 is 51.2 Å². The van der Waals surface area contributed by atoms with E-state index in [9.17, 15) is 0 Å². The molecule has 0 unspecified atom stereocenters. The fraction of sp³-hybridized carbons (Fsp3) is 0. The third-order valence-corrected chi connectivity index (χ3v) is 0. The van der Waals surface area contributed by atoms with Gasteiger partial charge in [-0.05, 0) is 0 Å². The predicted octanol–water partition coefficient (Wildman–Crippen LogP) is 0.951. The van der Waals surface area contributed by atoms with Crippen LogP contribution in [0.1, 0.15) is 0 Å². The molecule has 34 valence electrons. The summed E-state index contributed by atoms with van der Waals surface area (Å²) in [6.07, 6.45) is 0. The van der Waals surface area contributed by atoms with Crippen LogP contribution in [0.4, 0.5) is 0 Å². The standard InChI is InChI=1S/3BrH.K.H2O.Sn/h3*1H;;1H2;/q;;;;;+3/p-3. The summed E-state index contributed by atoms with van der Waals surface area (Å²) >= 11 is 8.80. The monoisotopic (exact) mass is 414 g/mol. The quantitative estimate of drug-likeness (QED) is 0.528. The molecule has 0 spiro atoms. The Morgan fingerprint density at radius 2 is 1.00 bits per heavy atom. The Morgan fingerprint density at radius 3 is 1.00 bits per heavy atom. The van der Waals surface area contributed by atoms with Crippen molar-refractivity contribution in [2.75, 3.05) is 0 Å². The van der Waals surface area contributed by atoms with E-state index >= 15 is 0 Å². The van der Waals surface area contributed by atoms with Gasteiger partial charge in [0.25, 0.3) is 0 Å². The third kappa shape index (κ3) is 24.9. The molecule has 2 N–H and O–H groups in total. The zero-order valence-electron chi connectivity index (χ0n) is 3.13. The van der Waals surface area contributed by atoms with Crippen molar-refractivity contribution in [3.8, 4) is 0 Å². The number of hydrogen-bond acceptors (Lipinski definition) is 0. The van der Waals surface area contributed by atoms with Crippen molar-refractivity contribution in [2.45, 2.75) is 0 Å². The largest absolute Gasteiger partial charge is 0 e. The van der Waals surface area contributed by atoms with Crippen molar-refractivity contribution in [1.82, 2.24) is 0 Å². The summed E-state index contributed by atoms with van der Waals surface area (Å²) < 4.78 is 0. The summed E-state index contributed by atoms with van der Waals surface area (Å²) in [5.41, 5.74) is 0. The van der Waals surface area contributed by atoms with Crippen molar-refractivity contribution in [2.24, 2.45) is 0 Å². The van der Waals surface area contributed by atoms with Crippen LogP contribution in [0.15, 0.2) is 0 Å². The van der Waals surface area contributed by atoms with Gasteiger partial charge in [-0.1, -0.05) is 0 Å². The van der Waals surface area contributed by atoms with E-state index in [0.29, 0.717) is 0 Å². The van der Waals surface area contributed by atoms with E-state index in [1.165, 1.54) is 0 Å². The first kappa shape index (κ1) is 16.4. The Labute approximate surface area is 105 Å². The molecule has 0 aromatic heterocycles. The smallest absolute Gasteiger partial charge is 0 e. The SMILES string of the molecule is O.[Br][Sn]([Br])[Br].[K]. The van der Waals surface area contributed by atoms with Crippen LogP contribution < -0.4 is 0 Å². The second kappa shape index (κ2) is 11.6. The maximum absolute atomic E-state index is 3.30. The molecule has 0 amide bonds. The van der Waals surface area contributed by atoms with Crippen LogP contribution in [0, 0.1) is 0 Å². The first-order valence-corrected chi connectivity index (χ1v) is 19.8. The van der Waals surface area contributed by atoms with Crippen molar-refractivity contribution < 1.29 is 5.48 Å². The predicted molar refractivity (Wildman–Crippen MR) is 41.9 cm³/mol. The Kier molecular flexibility index (Phi) is 31.8. The maximum Gasteiger partial charge on any atom is 0 e. The van der Waals surface area contributed by atoms with E-state index in [1.54, 1.807) is 0 Å². The van der Waals surface area contributed by atoms with Crippen LogP contribution in [0.2, 0.25) is 0 Å². The molecule has 6 heavy (non-hydrogen) atoms. The molecule has 0 aliphatic carbocycles. The van der Waals surface area contributed by atoms with Gasteiger partial charge in [-0.15, -0.1) is 0 Å². The van der Waals surface area contributed by atoms with Crippen molar-refractivity contribution in [1.29, 1.82) is 0 Å². The van der Waals surface area contributed by atoms with Gasteiger partial charge < -0.3 is 5.48 Å². The molecule has 1 nitrogen and oxygen atoms in total. The minimum absolute atomic E-state index is 0. The van der Waals surface area contributed by atoms with Gasteiger partial charge in [0.05, 0.1) is 0 Å². The Hall–Kier alpha value is 3.84. The normalized spacial score (nSPS) is 6.00. The number of hydrogen-bond donors (Lipinski definition) is 0. The van der Waals surface area contributed by atoms with Gasteiger partial charge in [-0.2, -0.15) is 0 Å². The molecule has 0 fully saturated rings. The average molecular weight is 416 g/mol. The van der Waals surface area contributed by atoms with Gasteiger partial charge in [0.1, 0.15) is 0 Å². The van der Waals surface area contributed by atoms with Crippen LogP contribution in [-0.4, -0.2) is 70.0 Å². The van der Waals surface area contributed by atoms with Crippen LogP contribution >= 0.6 is 38.1 Å². The van der Waals surface area contributed by atoms with E-state index in [-0.39, 0.29) is 56.9 Å². The fourth-order valence-corrected chi connectivity index (χ4v) is 0. The fourth-order valence-electron chi connectivity index (χ4n) is 0. The summed E-state index contributed by atoms with van der Waals surface area (Å²) in [4.78, 5) is 0. The van der Waals surface area contributed by atoms with E-state index < -0.39 is 13.1 Å². The van der Waals surface area contributed by atoms with Gasteiger partial charge in [0.15, 0.2) is 0 Å². The molecule has 0 heterocycles. The van der Waals surface area contributed by atoms with E-state index in [1.807, 2.05) is 0 Å². The summed E-state index contributed by atoms with van der Waals surface area (Å²) in [6.45, 7) is 0. The second-order valence-electron chi connectivity index (χ2n) is 0.214. The van der Waals surface area contributed by atoms with Crippen molar-refractivity contribution in [3.63, 3.8) is 0 Å².